The van der Waals surface area contributed by atoms with Gasteiger partial charge in [-0.15, -0.1) is 11.8 Å². The summed E-state index contributed by atoms with van der Waals surface area (Å²) in [5, 5.41) is 2.69. The van der Waals surface area contributed by atoms with Crippen molar-refractivity contribution in [3.8, 4) is 0 Å². The number of benzene rings is 2. The van der Waals surface area contributed by atoms with Crippen LogP contribution in [-0.4, -0.2) is 35.6 Å². The van der Waals surface area contributed by atoms with Crippen molar-refractivity contribution >= 4 is 29.3 Å². The van der Waals surface area contributed by atoms with Crippen LogP contribution in [0, 0.1) is 0 Å². The van der Waals surface area contributed by atoms with Crippen molar-refractivity contribution in [2.24, 2.45) is 0 Å². The van der Waals surface area contributed by atoms with Crippen molar-refractivity contribution in [3.63, 3.8) is 0 Å². The van der Waals surface area contributed by atoms with E-state index >= 15 is 0 Å². The van der Waals surface area contributed by atoms with Gasteiger partial charge in [-0.05, 0) is 67.5 Å². The summed E-state index contributed by atoms with van der Waals surface area (Å²) >= 11 is 1.56. The lowest BCUT2D eigenvalue weighted by molar-refractivity contribution is -0.132. The predicted molar refractivity (Wildman–Crippen MR) is 116 cm³/mol. The van der Waals surface area contributed by atoms with Crippen LogP contribution < -0.4 is 5.32 Å². The molecule has 3 rings (SSSR count). The van der Waals surface area contributed by atoms with E-state index in [0.717, 1.165) is 35.4 Å². The average molecular weight is 397 g/mol. The number of anilines is 1. The van der Waals surface area contributed by atoms with E-state index in [1.54, 1.807) is 18.8 Å². The summed E-state index contributed by atoms with van der Waals surface area (Å²) < 4.78 is 0. The van der Waals surface area contributed by atoms with Crippen molar-refractivity contribution in [1.29, 1.82) is 0 Å². The molecule has 2 aromatic carbocycles. The molecule has 0 saturated carbocycles. The minimum Gasteiger partial charge on any atom is -0.335 e. The van der Waals surface area contributed by atoms with Gasteiger partial charge in [-0.1, -0.05) is 31.2 Å². The Morgan fingerprint density at radius 3 is 2.68 bits per heavy atom. The molecule has 0 aromatic heterocycles. The molecular weight excluding hydrogens is 368 g/mol. The third-order valence-corrected chi connectivity index (χ3v) is 6.24. The SMILES string of the molecule is CCc1ccccc1NC(=O)CN(C)C(=O)C(C)Sc1ccc2c(c1)CCC2. The summed E-state index contributed by atoms with van der Waals surface area (Å²) in [6.45, 7) is 4.01. The number of carbonyl (C=O) groups excluding carboxylic acids is 2. The van der Waals surface area contributed by atoms with E-state index in [4.69, 9.17) is 0 Å². The van der Waals surface area contributed by atoms with Crippen molar-refractivity contribution in [3.05, 3.63) is 59.2 Å². The van der Waals surface area contributed by atoms with Crippen molar-refractivity contribution in [2.75, 3.05) is 18.9 Å². The van der Waals surface area contributed by atoms with Gasteiger partial charge in [0.05, 0.1) is 11.8 Å². The van der Waals surface area contributed by atoms with Gasteiger partial charge in [-0.3, -0.25) is 9.59 Å². The average Bonchev–Trinajstić information content (AvgIpc) is 3.15. The number of carbonyl (C=O) groups is 2. The first-order valence-corrected chi connectivity index (χ1v) is 10.8. The van der Waals surface area contributed by atoms with Crippen LogP contribution in [0.1, 0.15) is 37.0 Å². The van der Waals surface area contributed by atoms with Crippen LogP contribution in [0.5, 0.6) is 0 Å². The first-order chi connectivity index (χ1) is 13.5. The van der Waals surface area contributed by atoms with E-state index in [2.05, 4.69) is 30.4 Å². The largest absolute Gasteiger partial charge is 0.335 e. The van der Waals surface area contributed by atoms with Gasteiger partial charge in [0, 0.05) is 17.6 Å². The number of likely N-dealkylation sites (N-methyl/N-ethyl adjacent to an activating group) is 1. The van der Waals surface area contributed by atoms with Gasteiger partial charge in [0.15, 0.2) is 0 Å². The van der Waals surface area contributed by atoms with Crippen LogP contribution in [0.3, 0.4) is 0 Å². The van der Waals surface area contributed by atoms with Gasteiger partial charge < -0.3 is 10.2 Å². The molecule has 4 nitrogen and oxygen atoms in total. The fraction of sp³-hybridized carbons (Fsp3) is 0.391. The normalized spacial score (nSPS) is 13.7. The first-order valence-electron chi connectivity index (χ1n) is 9.89. The molecule has 1 atom stereocenters. The highest BCUT2D eigenvalue weighted by molar-refractivity contribution is 8.00. The summed E-state index contributed by atoms with van der Waals surface area (Å²) in [6.07, 6.45) is 4.36. The molecule has 0 bridgehead atoms. The molecule has 1 aliphatic rings. The number of hydrogen-bond donors (Lipinski definition) is 1. The summed E-state index contributed by atoms with van der Waals surface area (Å²) in [4.78, 5) is 27.7. The Morgan fingerprint density at radius 2 is 1.89 bits per heavy atom. The van der Waals surface area contributed by atoms with Crippen LogP contribution in [0.4, 0.5) is 5.69 Å². The molecule has 0 radical (unpaired) electrons. The smallest absolute Gasteiger partial charge is 0.243 e. The maximum atomic E-state index is 12.7. The summed E-state index contributed by atoms with van der Waals surface area (Å²) in [5.74, 6) is -0.212. The summed E-state index contributed by atoms with van der Waals surface area (Å²) in [5.41, 5.74) is 4.75. The molecule has 2 amide bonds. The molecule has 1 N–H and O–H groups in total. The second-order valence-electron chi connectivity index (χ2n) is 7.30. The second-order valence-corrected chi connectivity index (χ2v) is 8.71. The van der Waals surface area contributed by atoms with Crippen LogP contribution in [0.15, 0.2) is 47.4 Å². The van der Waals surface area contributed by atoms with Crippen LogP contribution in [0.2, 0.25) is 0 Å². The fourth-order valence-electron chi connectivity index (χ4n) is 3.62. The Hall–Kier alpha value is -2.27. The standard InChI is InChI=1S/C23H28N2O2S/c1-4-17-8-5-6-11-21(17)24-22(26)15-25(3)23(27)16(2)28-20-13-12-18-9-7-10-19(18)14-20/h5-6,8,11-14,16H,4,7,9-10,15H2,1-3H3,(H,24,26). The Kier molecular flexibility index (Phi) is 6.79. The Balaban J connectivity index is 1.55. The minimum absolute atomic E-state index is 0.0376. The van der Waals surface area contributed by atoms with Gasteiger partial charge in [-0.25, -0.2) is 0 Å². The zero-order valence-corrected chi connectivity index (χ0v) is 17.6. The number of nitrogens with zero attached hydrogens (tertiary/aromatic N) is 1. The van der Waals surface area contributed by atoms with Gasteiger partial charge >= 0.3 is 0 Å². The lowest BCUT2D eigenvalue weighted by Gasteiger charge is -2.21. The highest BCUT2D eigenvalue weighted by atomic mass is 32.2. The maximum absolute atomic E-state index is 12.7. The molecule has 1 unspecified atom stereocenters. The van der Waals surface area contributed by atoms with Gasteiger partial charge in [0.1, 0.15) is 0 Å². The number of amides is 2. The van der Waals surface area contributed by atoms with E-state index in [0.29, 0.717) is 0 Å². The van der Waals surface area contributed by atoms with Crippen molar-refractivity contribution in [2.45, 2.75) is 49.7 Å². The second kappa shape index (κ2) is 9.28. The third kappa shape index (κ3) is 4.96. The third-order valence-electron chi connectivity index (χ3n) is 5.16. The predicted octanol–water partition coefficient (Wildman–Crippen LogP) is 4.32. The Morgan fingerprint density at radius 1 is 1.14 bits per heavy atom. The zero-order valence-electron chi connectivity index (χ0n) is 16.8. The number of fused-ring (bicyclic) bond motifs is 1. The fourth-order valence-corrected chi connectivity index (χ4v) is 4.67. The topological polar surface area (TPSA) is 49.4 Å². The summed E-state index contributed by atoms with van der Waals surface area (Å²) in [6, 6.07) is 14.3. The van der Waals surface area contributed by atoms with Gasteiger partial charge in [0.25, 0.3) is 0 Å². The number of para-hydroxylation sites is 1. The van der Waals surface area contributed by atoms with Crippen LogP contribution >= 0.6 is 11.8 Å². The van der Waals surface area contributed by atoms with E-state index in [-0.39, 0.29) is 23.6 Å². The number of thioether (sulfide) groups is 1. The Bertz CT molecular complexity index is 865. The maximum Gasteiger partial charge on any atom is 0.243 e. The number of aryl methyl sites for hydroxylation is 3. The monoisotopic (exact) mass is 396 g/mol. The highest BCUT2D eigenvalue weighted by Gasteiger charge is 2.21. The van der Waals surface area contributed by atoms with Gasteiger partial charge in [0.2, 0.25) is 11.8 Å². The molecule has 0 heterocycles. The molecule has 0 saturated heterocycles. The zero-order chi connectivity index (χ0) is 20.1. The number of nitrogens with one attached hydrogen (secondary N) is 1. The lowest BCUT2D eigenvalue weighted by atomic mass is 10.1. The van der Waals surface area contributed by atoms with Crippen molar-refractivity contribution in [1.82, 2.24) is 4.90 Å². The quantitative estimate of drug-likeness (QED) is 0.709. The molecule has 28 heavy (non-hydrogen) atoms. The molecule has 148 valence electrons. The van der Waals surface area contributed by atoms with Crippen LogP contribution in [-0.2, 0) is 28.9 Å². The molecule has 1 aliphatic carbocycles. The van der Waals surface area contributed by atoms with E-state index < -0.39 is 0 Å². The molecule has 0 aliphatic heterocycles. The molecule has 0 fully saturated rings. The minimum atomic E-state index is -0.236. The lowest BCUT2D eigenvalue weighted by Crippen LogP contribution is -2.39. The summed E-state index contributed by atoms with van der Waals surface area (Å²) in [7, 11) is 1.69. The first kappa shape index (κ1) is 20.5. The van der Waals surface area contributed by atoms with Gasteiger partial charge in [-0.2, -0.15) is 0 Å². The number of hydrogen-bond acceptors (Lipinski definition) is 3. The Labute approximate surface area is 171 Å². The number of rotatable bonds is 7. The van der Waals surface area contributed by atoms with Crippen molar-refractivity contribution < 1.29 is 9.59 Å². The van der Waals surface area contributed by atoms with Crippen LogP contribution in [0.25, 0.3) is 0 Å². The van der Waals surface area contributed by atoms with E-state index in [1.165, 1.54) is 22.4 Å². The molecular formula is C23H28N2O2S. The van der Waals surface area contributed by atoms with E-state index in [9.17, 15) is 9.59 Å². The molecule has 5 heteroatoms. The molecule has 2 aromatic rings. The highest BCUT2D eigenvalue weighted by Crippen LogP contribution is 2.30. The molecule has 0 spiro atoms. The van der Waals surface area contributed by atoms with E-state index in [1.807, 2.05) is 31.2 Å².